The molecule has 1 fully saturated rings. The van der Waals surface area contributed by atoms with Crippen molar-refractivity contribution in [1.29, 1.82) is 0 Å². The number of halogens is 1. The normalized spacial score (nSPS) is 20.2. The predicted octanol–water partition coefficient (Wildman–Crippen LogP) is 3.88. The van der Waals surface area contributed by atoms with Crippen molar-refractivity contribution < 1.29 is 4.42 Å². The summed E-state index contributed by atoms with van der Waals surface area (Å²) in [6.45, 7) is 4.40. The Balaban J connectivity index is 1.85. The van der Waals surface area contributed by atoms with Crippen LogP contribution >= 0.6 is 15.9 Å². The molecular weight excluding hydrogens is 254 g/mol. The lowest BCUT2D eigenvalue weighted by atomic mass is 10.1. The Kier molecular flexibility index (Phi) is 3.52. The van der Waals surface area contributed by atoms with E-state index in [-0.39, 0.29) is 6.04 Å². The molecule has 3 heteroatoms. The lowest BCUT2D eigenvalue weighted by molar-refractivity contribution is 0.379. The van der Waals surface area contributed by atoms with Crippen LogP contribution in [-0.4, -0.2) is 6.04 Å². The van der Waals surface area contributed by atoms with E-state index in [0.29, 0.717) is 6.04 Å². The van der Waals surface area contributed by atoms with E-state index in [0.717, 1.165) is 16.2 Å². The summed E-state index contributed by atoms with van der Waals surface area (Å²) in [4.78, 5) is 0. The lowest BCUT2D eigenvalue weighted by Crippen LogP contribution is -2.29. The second-order valence-electron chi connectivity index (χ2n) is 4.60. The second-order valence-corrected chi connectivity index (χ2v) is 5.46. The van der Waals surface area contributed by atoms with Crippen molar-refractivity contribution in [1.82, 2.24) is 5.32 Å². The van der Waals surface area contributed by atoms with Crippen LogP contribution in [0.4, 0.5) is 0 Å². The van der Waals surface area contributed by atoms with Crippen molar-refractivity contribution in [3.63, 3.8) is 0 Å². The highest BCUT2D eigenvalue weighted by atomic mass is 79.9. The minimum Gasteiger partial charge on any atom is -0.466 e. The molecule has 15 heavy (non-hydrogen) atoms. The Morgan fingerprint density at radius 3 is 2.80 bits per heavy atom. The van der Waals surface area contributed by atoms with Crippen molar-refractivity contribution >= 4 is 15.9 Å². The molecule has 1 N–H and O–H groups in total. The maximum Gasteiger partial charge on any atom is 0.134 e. The van der Waals surface area contributed by atoms with Gasteiger partial charge in [-0.05, 0) is 48.2 Å². The topological polar surface area (TPSA) is 25.2 Å². The Morgan fingerprint density at radius 1 is 1.53 bits per heavy atom. The van der Waals surface area contributed by atoms with Crippen molar-refractivity contribution in [3.8, 4) is 0 Å². The van der Waals surface area contributed by atoms with Crippen LogP contribution in [0.3, 0.4) is 0 Å². The molecule has 1 aliphatic carbocycles. The standard InChI is InChI=1S/C12H18BrNO/c1-8(7-10-3-4-10)14-9(2)12-11(13)5-6-15-12/h5-6,8-10,14H,3-4,7H2,1-2H3. The summed E-state index contributed by atoms with van der Waals surface area (Å²) in [5.74, 6) is 1.97. The van der Waals surface area contributed by atoms with E-state index in [1.54, 1.807) is 6.26 Å². The summed E-state index contributed by atoms with van der Waals surface area (Å²) >= 11 is 3.49. The van der Waals surface area contributed by atoms with Gasteiger partial charge in [0.25, 0.3) is 0 Å². The minimum atomic E-state index is 0.281. The van der Waals surface area contributed by atoms with Gasteiger partial charge in [0, 0.05) is 6.04 Å². The van der Waals surface area contributed by atoms with Crippen LogP contribution in [0.25, 0.3) is 0 Å². The summed E-state index contributed by atoms with van der Waals surface area (Å²) in [6, 6.07) is 2.80. The summed E-state index contributed by atoms with van der Waals surface area (Å²) in [6.07, 6.45) is 5.86. The Bertz CT molecular complexity index is 319. The van der Waals surface area contributed by atoms with Gasteiger partial charge in [-0.1, -0.05) is 12.8 Å². The van der Waals surface area contributed by atoms with Crippen LogP contribution in [-0.2, 0) is 0 Å². The smallest absolute Gasteiger partial charge is 0.134 e. The van der Waals surface area contributed by atoms with E-state index < -0.39 is 0 Å². The predicted molar refractivity (Wildman–Crippen MR) is 64.8 cm³/mol. The lowest BCUT2D eigenvalue weighted by Gasteiger charge is -2.18. The van der Waals surface area contributed by atoms with E-state index in [4.69, 9.17) is 4.42 Å². The van der Waals surface area contributed by atoms with Gasteiger partial charge in [-0.15, -0.1) is 0 Å². The molecule has 0 aromatic carbocycles. The van der Waals surface area contributed by atoms with Crippen LogP contribution in [0.1, 0.15) is 44.9 Å². The highest BCUT2D eigenvalue weighted by Gasteiger charge is 2.24. The summed E-state index contributed by atoms with van der Waals surface area (Å²) in [7, 11) is 0. The third-order valence-corrected chi connectivity index (χ3v) is 3.61. The van der Waals surface area contributed by atoms with Crippen LogP contribution in [0.2, 0.25) is 0 Å². The van der Waals surface area contributed by atoms with Crippen molar-refractivity contribution in [2.24, 2.45) is 5.92 Å². The Morgan fingerprint density at radius 2 is 2.27 bits per heavy atom. The quantitative estimate of drug-likeness (QED) is 0.879. The highest BCUT2D eigenvalue weighted by Crippen LogP contribution is 2.34. The third kappa shape index (κ3) is 3.08. The molecule has 2 atom stereocenters. The Hall–Kier alpha value is -0.280. The summed E-state index contributed by atoms with van der Waals surface area (Å²) < 4.78 is 6.49. The summed E-state index contributed by atoms with van der Waals surface area (Å²) in [5, 5.41) is 3.57. The molecule has 2 nitrogen and oxygen atoms in total. The fourth-order valence-electron chi connectivity index (χ4n) is 2.04. The maximum absolute atomic E-state index is 5.44. The van der Waals surface area contributed by atoms with Gasteiger partial charge >= 0.3 is 0 Å². The van der Waals surface area contributed by atoms with Crippen LogP contribution in [0.5, 0.6) is 0 Å². The first-order valence-electron chi connectivity index (χ1n) is 5.65. The number of rotatable bonds is 5. The molecule has 1 saturated carbocycles. The fraction of sp³-hybridized carbons (Fsp3) is 0.667. The van der Waals surface area contributed by atoms with Crippen molar-refractivity contribution in [2.75, 3.05) is 0 Å². The summed E-state index contributed by atoms with van der Waals surface area (Å²) in [5.41, 5.74) is 0. The zero-order chi connectivity index (χ0) is 10.8. The highest BCUT2D eigenvalue weighted by molar-refractivity contribution is 9.10. The molecule has 0 bridgehead atoms. The van der Waals surface area contributed by atoms with E-state index in [2.05, 4.69) is 35.1 Å². The molecule has 1 heterocycles. The zero-order valence-corrected chi connectivity index (χ0v) is 10.9. The minimum absolute atomic E-state index is 0.281. The first-order chi connectivity index (χ1) is 7.16. The number of hydrogen-bond acceptors (Lipinski definition) is 2. The van der Waals surface area contributed by atoms with E-state index >= 15 is 0 Å². The van der Waals surface area contributed by atoms with Gasteiger partial charge < -0.3 is 9.73 Å². The molecule has 0 aliphatic heterocycles. The largest absolute Gasteiger partial charge is 0.466 e. The molecule has 1 aromatic heterocycles. The van der Waals surface area contributed by atoms with Gasteiger partial charge in [0.1, 0.15) is 5.76 Å². The molecule has 1 aliphatic rings. The van der Waals surface area contributed by atoms with Gasteiger partial charge in [0.2, 0.25) is 0 Å². The van der Waals surface area contributed by atoms with Crippen LogP contribution in [0.15, 0.2) is 21.2 Å². The van der Waals surface area contributed by atoms with E-state index in [1.807, 2.05) is 6.07 Å². The Labute approximate surface area is 99.6 Å². The third-order valence-electron chi connectivity index (χ3n) is 2.96. The second kappa shape index (κ2) is 4.71. The molecule has 2 unspecified atom stereocenters. The van der Waals surface area contributed by atoms with Gasteiger partial charge in [-0.2, -0.15) is 0 Å². The van der Waals surface area contributed by atoms with Crippen LogP contribution in [0, 0.1) is 5.92 Å². The fourth-order valence-corrected chi connectivity index (χ4v) is 2.58. The average molecular weight is 272 g/mol. The van der Waals surface area contributed by atoms with Gasteiger partial charge in [-0.3, -0.25) is 0 Å². The van der Waals surface area contributed by atoms with Crippen LogP contribution < -0.4 is 5.32 Å². The molecule has 84 valence electrons. The zero-order valence-electron chi connectivity index (χ0n) is 9.29. The molecule has 0 spiro atoms. The first-order valence-corrected chi connectivity index (χ1v) is 6.45. The molecular formula is C12H18BrNO. The van der Waals surface area contributed by atoms with Gasteiger partial charge in [0.15, 0.2) is 0 Å². The SMILES string of the molecule is CC(CC1CC1)NC(C)c1occc1Br. The molecule has 1 aromatic rings. The van der Waals surface area contributed by atoms with Gasteiger partial charge in [-0.25, -0.2) is 0 Å². The molecule has 0 amide bonds. The average Bonchev–Trinajstić information content (AvgIpc) is 2.85. The number of hydrogen-bond donors (Lipinski definition) is 1. The molecule has 0 radical (unpaired) electrons. The van der Waals surface area contributed by atoms with Crippen molar-refractivity contribution in [3.05, 3.63) is 22.6 Å². The van der Waals surface area contributed by atoms with Gasteiger partial charge in [0.05, 0.1) is 16.8 Å². The van der Waals surface area contributed by atoms with E-state index in [9.17, 15) is 0 Å². The first kappa shape index (κ1) is 11.2. The monoisotopic (exact) mass is 271 g/mol. The molecule has 0 saturated heterocycles. The molecule has 2 rings (SSSR count). The van der Waals surface area contributed by atoms with E-state index in [1.165, 1.54) is 19.3 Å². The maximum atomic E-state index is 5.44. The number of nitrogens with one attached hydrogen (secondary N) is 1. The number of furan rings is 1. The van der Waals surface area contributed by atoms with Crippen molar-refractivity contribution in [2.45, 2.75) is 45.2 Å².